The first-order valence-corrected chi connectivity index (χ1v) is 7.28. The zero-order valence-electron chi connectivity index (χ0n) is 12.7. The summed E-state index contributed by atoms with van der Waals surface area (Å²) in [4.78, 5) is 25.1. The SMILES string of the molecule is CN(C)c1nc(N2CCCC2)ncc1NC(=O)c1ccoc1. The summed E-state index contributed by atoms with van der Waals surface area (Å²) in [5, 5.41) is 2.83. The van der Waals surface area contributed by atoms with E-state index in [0.717, 1.165) is 13.1 Å². The smallest absolute Gasteiger partial charge is 0.259 e. The number of aromatic nitrogens is 2. The molecule has 3 heterocycles. The molecule has 1 saturated heterocycles. The van der Waals surface area contributed by atoms with Crippen molar-refractivity contribution in [2.45, 2.75) is 12.8 Å². The van der Waals surface area contributed by atoms with Crippen LogP contribution in [0.1, 0.15) is 23.2 Å². The Bertz CT molecular complexity index is 648. The van der Waals surface area contributed by atoms with E-state index in [4.69, 9.17) is 4.42 Å². The van der Waals surface area contributed by atoms with Crippen molar-refractivity contribution in [2.24, 2.45) is 0 Å². The average Bonchev–Trinajstić information content (AvgIpc) is 3.21. The van der Waals surface area contributed by atoms with Crippen molar-refractivity contribution in [2.75, 3.05) is 42.3 Å². The molecule has 22 heavy (non-hydrogen) atoms. The summed E-state index contributed by atoms with van der Waals surface area (Å²) in [6.45, 7) is 1.96. The van der Waals surface area contributed by atoms with Crippen LogP contribution in [-0.2, 0) is 0 Å². The Morgan fingerprint density at radius 1 is 1.36 bits per heavy atom. The van der Waals surface area contributed by atoms with Gasteiger partial charge in [0, 0.05) is 27.2 Å². The van der Waals surface area contributed by atoms with E-state index in [0.29, 0.717) is 23.0 Å². The van der Waals surface area contributed by atoms with Crippen molar-refractivity contribution in [3.05, 3.63) is 30.4 Å². The van der Waals surface area contributed by atoms with Gasteiger partial charge in [0.15, 0.2) is 5.82 Å². The molecule has 0 saturated carbocycles. The molecule has 7 heteroatoms. The fraction of sp³-hybridized carbons (Fsp3) is 0.400. The highest BCUT2D eigenvalue weighted by molar-refractivity contribution is 6.05. The number of carbonyl (C=O) groups is 1. The summed E-state index contributed by atoms with van der Waals surface area (Å²) in [5.74, 6) is 1.16. The largest absolute Gasteiger partial charge is 0.472 e. The van der Waals surface area contributed by atoms with Gasteiger partial charge in [-0.1, -0.05) is 0 Å². The van der Waals surface area contributed by atoms with Crippen molar-refractivity contribution >= 4 is 23.4 Å². The molecular weight excluding hydrogens is 282 g/mol. The molecule has 0 bridgehead atoms. The predicted molar refractivity (Wildman–Crippen MR) is 84.5 cm³/mol. The van der Waals surface area contributed by atoms with Crippen molar-refractivity contribution in [3.63, 3.8) is 0 Å². The minimum absolute atomic E-state index is 0.241. The van der Waals surface area contributed by atoms with Crippen molar-refractivity contribution in [3.8, 4) is 0 Å². The van der Waals surface area contributed by atoms with Crippen LogP contribution < -0.4 is 15.1 Å². The van der Waals surface area contributed by atoms with E-state index in [-0.39, 0.29) is 5.91 Å². The highest BCUT2D eigenvalue weighted by Gasteiger charge is 2.19. The van der Waals surface area contributed by atoms with Gasteiger partial charge in [0.2, 0.25) is 5.95 Å². The molecular formula is C15H19N5O2. The number of carbonyl (C=O) groups excluding carboxylic acids is 1. The molecule has 0 aliphatic carbocycles. The number of anilines is 3. The Balaban J connectivity index is 1.85. The molecule has 7 nitrogen and oxygen atoms in total. The third-order valence-corrected chi connectivity index (χ3v) is 3.60. The zero-order valence-corrected chi connectivity index (χ0v) is 12.7. The second kappa shape index (κ2) is 6.05. The van der Waals surface area contributed by atoms with Gasteiger partial charge in [0.25, 0.3) is 5.91 Å². The van der Waals surface area contributed by atoms with Gasteiger partial charge in [-0.3, -0.25) is 4.79 Å². The van der Waals surface area contributed by atoms with Crippen molar-refractivity contribution in [1.82, 2.24) is 9.97 Å². The van der Waals surface area contributed by atoms with E-state index >= 15 is 0 Å². The number of furan rings is 1. The number of nitrogens with one attached hydrogen (secondary N) is 1. The van der Waals surface area contributed by atoms with E-state index in [2.05, 4.69) is 20.2 Å². The van der Waals surface area contributed by atoms with Crippen LogP contribution in [0.3, 0.4) is 0 Å². The molecule has 1 N–H and O–H groups in total. The van der Waals surface area contributed by atoms with Gasteiger partial charge in [0.05, 0.1) is 18.0 Å². The van der Waals surface area contributed by atoms with Crippen LogP contribution in [0, 0.1) is 0 Å². The normalized spacial score (nSPS) is 14.2. The molecule has 0 aromatic carbocycles. The summed E-state index contributed by atoms with van der Waals surface area (Å²) in [6.07, 6.45) is 6.87. The lowest BCUT2D eigenvalue weighted by molar-refractivity contribution is 0.102. The number of nitrogens with zero attached hydrogens (tertiary/aromatic N) is 4. The van der Waals surface area contributed by atoms with Crippen molar-refractivity contribution in [1.29, 1.82) is 0 Å². The topological polar surface area (TPSA) is 74.5 Å². The van der Waals surface area contributed by atoms with Crippen LogP contribution in [0.5, 0.6) is 0 Å². The Morgan fingerprint density at radius 3 is 2.77 bits per heavy atom. The van der Waals surface area contributed by atoms with Crippen LogP contribution in [0.25, 0.3) is 0 Å². The second-order valence-corrected chi connectivity index (χ2v) is 5.46. The van der Waals surface area contributed by atoms with Crippen LogP contribution >= 0.6 is 0 Å². The zero-order chi connectivity index (χ0) is 15.5. The van der Waals surface area contributed by atoms with E-state index in [9.17, 15) is 4.79 Å². The second-order valence-electron chi connectivity index (χ2n) is 5.46. The molecule has 116 valence electrons. The summed E-state index contributed by atoms with van der Waals surface area (Å²) >= 11 is 0. The quantitative estimate of drug-likeness (QED) is 0.931. The van der Waals surface area contributed by atoms with Gasteiger partial charge in [-0.05, 0) is 18.9 Å². The number of hydrogen-bond acceptors (Lipinski definition) is 6. The molecule has 0 radical (unpaired) electrons. The van der Waals surface area contributed by atoms with Gasteiger partial charge in [0.1, 0.15) is 12.0 Å². The highest BCUT2D eigenvalue weighted by Crippen LogP contribution is 2.25. The molecule has 2 aromatic rings. The van der Waals surface area contributed by atoms with Crippen LogP contribution in [-0.4, -0.2) is 43.1 Å². The number of hydrogen-bond donors (Lipinski definition) is 1. The first-order chi connectivity index (χ1) is 10.6. The van der Waals surface area contributed by atoms with Crippen LogP contribution in [0.4, 0.5) is 17.5 Å². The number of rotatable bonds is 4. The molecule has 1 fully saturated rings. The summed E-state index contributed by atoms with van der Waals surface area (Å²) in [6, 6.07) is 1.62. The first kappa shape index (κ1) is 14.4. The summed E-state index contributed by atoms with van der Waals surface area (Å²) in [5.41, 5.74) is 1.05. The van der Waals surface area contributed by atoms with Gasteiger partial charge >= 0.3 is 0 Å². The fourth-order valence-corrected chi connectivity index (χ4v) is 2.45. The maximum atomic E-state index is 12.1. The van der Waals surface area contributed by atoms with Crippen LogP contribution in [0.2, 0.25) is 0 Å². The Kier molecular flexibility index (Phi) is 3.95. The van der Waals surface area contributed by atoms with Gasteiger partial charge in [-0.2, -0.15) is 4.98 Å². The molecule has 2 aromatic heterocycles. The van der Waals surface area contributed by atoms with Gasteiger partial charge < -0.3 is 19.5 Å². The maximum absolute atomic E-state index is 12.1. The molecule has 0 unspecified atom stereocenters. The van der Waals surface area contributed by atoms with E-state index in [1.165, 1.54) is 25.4 Å². The monoisotopic (exact) mass is 301 g/mol. The molecule has 0 spiro atoms. The van der Waals surface area contributed by atoms with Crippen LogP contribution in [0.15, 0.2) is 29.2 Å². The molecule has 0 atom stereocenters. The summed E-state index contributed by atoms with van der Waals surface area (Å²) in [7, 11) is 3.78. The first-order valence-electron chi connectivity index (χ1n) is 7.28. The number of amides is 1. The highest BCUT2D eigenvalue weighted by atomic mass is 16.3. The Morgan fingerprint density at radius 2 is 2.14 bits per heavy atom. The van der Waals surface area contributed by atoms with E-state index < -0.39 is 0 Å². The van der Waals surface area contributed by atoms with Crippen molar-refractivity contribution < 1.29 is 9.21 Å². The Hall–Kier alpha value is -2.57. The minimum atomic E-state index is -0.241. The molecule has 3 rings (SSSR count). The molecule has 1 aliphatic heterocycles. The molecule has 1 amide bonds. The standard InChI is InChI=1S/C15H19N5O2/c1-19(2)13-12(17-14(21)11-5-8-22-10-11)9-16-15(18-13)20-6-3-4-7-20/h5,8-10H,3-4,6-7H2,1-2H3,(H,17,21). The van der Waals surface area contributed by atoms with E-state index in [1.807, 2.05) is 19.0 Å². The average molecular weight is 301 g/mol. The third-order valence-electron chi connectivity index (χ3n) is 3.60. The Labute approximate surface area is 129 Å². The maximum Gasteiger partial charge on any atom is 0.259 e. The van der Waals surface area contributed by atoms with Gasteiger partial charge in [-0.25, -0.2) is 4.98 Å². The lowest BCUT2D eigenvalue weighted by Crippen LogP contribution is -2.23. The fourth-order valence-electron chi connectivity index (χ4n) is 2.45. The lowest BCUT2D eigenvalue weighted by atomic mass is 10.3. The predicted octanol–water partition coefficient (Wildman–Crippen LogP) is 1.99. The summed E-state index contributed by atoms with van der Waals surface area (Å²) < 4.78 is 4.93. The lowest BCUT2D eigenvalue weighted by Gasteiger charge is -2.20. The minimum Gasteiger partial charge on any atom is -0.472 e. The van der Waals surface area contributed by atoms with E-state index in [1.54, 1.807) is 12.3 Å². The molecule has 1 aliphatic rings. The third kappa shape index (κ3) is 2.88. The van der Waals surface area contributed by atoms with Gasteiger partial charge in [-0.15, -0.1) is 0 Å².